The first-order chi connectivity index (χ1) is 8.84. The van der Waals surface area contributed by atoms with Crippen LogP contribution in [0.5, 0.6) is 5.75 Å². The van der Waals surface area contributed by atoms with Crippen molar-refractivity contribution in [3.63, 3.8) is 0 Å². The maximum atomic E-state index is 10.1. The first-order valence-electron chi connectivity index (χ1n) is 5.36. The van der Waals surface area contributed by atoms with Crippen LogP contribution in [0, 0.1) is 0 Å². The van der Waals surface area contributed by atoms with Crippen LogP contribution < -0.4 is 0 Å². The lowest BCUT2D eigenvalue weighted by Gasteiger charge is -2.02. The minimum Gasteiger partial charge on any atom is -0.505 e. The molecule has 5 heteroatoms. The van der Waals surface area contributed by atoms with Crippen molar-refractivity contribution in [2.75, 3.05) is 0 Å². The largest absolute Gasteiger partial charge is 0.505 e. The van der Waals surface area contributed by atoms with Gasteiger partial charge in [-0.2, -0.15) is 0 Å². The maximum absolute atomic E-state index is 10.1. The van der Waals surface area contributed by atoms with Crippen molar-refractivity contribution < 1.29 is 5.11 Å². The molecule has 2 aromatic carbocycles. The number of nitrogens with zero attached hydrogens (tertiary/aromatic N) is 3. The second-order valence-corrected chi connectivity index (χ2v) is 4.54. The van der Waals surface area contributed by atoms with Gasteiger partial charge in [0.15, 0.2) is 5.75 Å². The first kappa shape index (κ1) is 10.9. The fourth-order valence-electron chi connectivity index (χ4n) is 1.69. The predicted octanol–water partition coefficient (Wildman–Crippen LogP) is 4.42. The van der Waals surface area contributed by atoms with Gasteiger partial charge in [-0.1, -0.05) is 30.3 Å². The number of benzene rings is 2. The Hall–Kier alpha value is -2.27. The molecule has 0 radical (unpaired) electrons. The monoisotopic (exact) mass is 255 g/mol. The van der Waals surface area contributed by atoms with Gasteiger partial charge in [-0.05, 0) is 11.5 Å². The SMILES string of the molecule is Oc1c(N=Nc2nccs2)ccc2ccccc12. The zero-order chi connectivity index (χ0) is 12.4. The molecule has 3 aromatic rings. The van der Waals surface area contributed by atoms with Crippen LogP contribution in [0.2, 0.25) is 0 Å². The van der Waals surface area contributed by atoms with Crippen molar-refractivity contribution in [1.82, 2.24) is 4.98 Å². The summed E-state index contributed by atoms with van der Waals surface area (Å²) in [5.41, 5.74) is 0.448. The maximum Gasteiger partial charge on any atom is 0.229 e. The molecule has 0 fully saturated rings. The lowest BCUT2D eigenvalue weighted by atomic mass is 10.1. The number of aromatic nitrogens is 1. The highest BCUT2D eigenvalue weighted by Gasteiger charge is 2.05. The van der Waals surface area contributed by atoms with Gasteiger partial charge in [0.25, 0.3) is 0 Å². The van der Waals surface area contributed by atoms with E-state index in [1.807, 2.05) is 35.7 Å². The number of rotatable bonds is 2. The molecule has 0 unspecified atom stereocenters. The van der Waals surface area contributed by atoms with E-state index in [9.17, 15) is 5.11 Å². The number of thiazole rings is 1. The highest BCUT2D eigenvalue weighted by Crippen LogP contribution is 2.35. The standard InChI is InChI=1S/C13H9N3OS/c17-12-10-4-2-1-3-9(10)5-6-11(12)15-16-13-14-7-8-18-13/h1-8,17H. The fraction of sp³-hybridized carbons (Fsp3) is 0. The molecule has 1 aromatic heterocycles. The van der Waals surface area contributed by atoms with Gasteiger partial charge in [0.1, 0.15) is 5.69 Å². The van der Waals surface area contributed by atoms with Crippen LogP contribution in [-0.2, 0) is 0 Å². The van der Waals surface area contributed by atoms with Crippen LogP contribution >= 0.6 is 11.3 Å². The summed E-state index contributed by atoms with van der Waals surface area (Å²) in [5, 5.41) is 22.3. The van der Waals surface area contributed by atoms with Crippen LogP contribution in [-0.4, -0.2) is 10.1 Å². The molecule has 0 bridgehead atoms. The van der Waals surface area contributed by atoms with E-state index in [1.54, 1.807) is 12.3 Å². The van der Waals surface area contributed by atoms with E-state index in [-0.39, 0.29) is 5.75 Å². The molecule has 1 heterocycles. The lowest BCUT2D eigenvalue weighted by molar-refractivity contribution is 0.482. The molecule has 0 amide bonds. The van der Waals surface area contributed by atoms with Gasteiger partial charge in [-0.25, -0.2) is 4.98 Å². The normalized spacial score (nSPS) is 11.3. The minimum absolute atomic E-state index is 0.147. The van der Waals surface area contributed by atoms with Gasteiger partial charge < -0.3 is 5.11 Å². The Kier molecular flexibility index (Phi) is 2.74. The van der Waals surface area contributed by atoms with Crippen molar-refractivity contribution in [3.05, 3.63) is 48.0 Å². The van der Waals surface area contributed by atoms with Gasteiger partial charge in [-0.3, -0.25) is 0 Å². The molecule has 88 valence electrons. The third-order valence-corrected chi connectivity index (χ3v) is 3.20. The van der Waals surface area contributed by atoms with E-state index in [0.29, 0.717) is 10.8 Å². The number of fused-ring (bicyclic) bond motifs is 1. The van der Waals surface area contributed by atoms with E-state index < -0.39 is 0 Å². The number of hydrogen-bond donors (Lipinski definition) is 1. The molecule has 0 saturated carbocycles. The molecular weight excluding hydrogens is 246 g/mol. The minimum atomic E-state index is 0.147. The average molecular weight is 255 g/mol. The molecule has 0 aliphatic carbocycles. The second kappa shape index (κ2) is 4.54. The van der Waals surface area contributed by atoms with Crippen molar-refractivity contribution in [1.29, 1.82) is 0 Å². The van der Waals surface area contributed by atoms with Crippen molar-refractivity contribution in [2.24, 2.45) is 10.2 Å². The Morgan fingerprint density at radius 1 is 1.06 bits per heavy atom. The highest BCUT2D eigenvalue weighted by atomic mass is 32.1. The third-order valence-electron chi connectivity index (χ3n) is 2.54. The summed E-state index contributed by atoms with van der Waals surface area (Å²) in [6.45, 7) is 0. The number of phenols is 1. The zero-order valence-corrected chi connectivity index (χ0v) is 10.1. The lowest BCUT2D eigenvalue weighted by Crippen LogP contribution is -1.74. The van der Waals surface area contributed by atoms with Gasteiger partial charge in [-0.15, -0.1) is 21.6 Å². The summed E-state index contributed by atoms with van der Waals surface area (Å²) in [5.74, 6) is 0.147. The molecule has 3 rings (SSSR count). The van der Waals surface area contributed by atoms with Crippen LogP contribution in [0.3, 0.4) is 0 Å². The summed E-state index contributed by atoms with van der Waals surface area (Å²) in [4.78, 5) is 4.00. The van der Waals surface area contributed by atoms with Gasteiger partial charge in [0, 0.05) is 17.0 Å². The van der Waals surface area contributed by atoms with Crippen LogP contribution in [0.4, 0.5) is 10.8 Å². The Morgan fingerprint density at radius 3 is 2.78 bits per heavy atom. The van der Waals surface area contributed by atoms with E-state index in [2.05, 4.69) is 15.2 Å². The Balaban J connectivity index is 2.05. The zero-order valence-electron chi connectivity index (χ0n) is 9.32. The van der Waals surface area contributed by atoms with Gasteiger partial charge in [0.05, 0.1) is 0 Å². The second-order valence-electron chi connectivity index (χ2n) is 3.67. The average Bonchev–Trinajstić information content (AvgIpc) is 2.91. The highest BCUT2D eigenvalue weighted by molar-refractivity contribution is 7.13. The molecular formula is C13H9N3OS. The quantitative estimate of drug-likeness (QED) is 0.689. The molecule has 4 nitrogen and oxygen atoms in total. The third kappa shape index (κ3) is 1.96. The van der Waals surface area contributed by atoms with Gasteiger partial charge in [0.2, 0.25) is 5.13 Å². The Morgan fingerprint density at radius 2 is 1.94 bits per heavy atom. The van der Waals surface area contributed by atoms with E-state index in [1.165, 1.54) is 11.3 Å². The molecule has 0 aliphatic rings. The van der Waals surface area contributed by atoms with Crippen LogP contribution in [0.15, 0.2) is 58.2 Å². The van der Waals surface area contributed by atoms with Crippen molar-refractivity contribution in [3.8, 4) is 5.75 Å². The molecule has 0 spiro atoms. The fourth-order valence-corrected chi connectivity index (χ4v) is 2.14. The van der Waals surface area contributed by atoms with Crippen LogP contribution in [0.25, 0.3) is 10.8 Å². The van der Waals surface area contributed by atoms with Crippen LogP contribution in [0.1, 0.15) is 0 Å². The summed E-state index contributed by atoms with van der Waals surface area (Å²) >= 11 is 1.40. The van der Waals surface area contributed by atoms with E-state index in [4.69, 9.17) is 0 Å². The number of hydrogen-bond acceptors (Lipinski definition) is 5. The molecule has 0 saturated heterocycles. The van der Waals surface area contributed by atoms with Crippen molar-refractivity contribution >= 4 is 32.9 Å². The number of azo groups is 1. The predicted molar refractivity (Wildman–Crippen MR) is 71.9 cm³/mol. The molecule has 0 aliphatic heterocycles. The number of aromatic hydroxyl groups is 1. The Labute approximate surface area is 107 Å². The summed E-state index contributed by atoms with van der Waals surface area (Å²) in [7, 11) is 0. The topological polar surface area (TPSA) is 57.8 Å². The molecule has 1 N–H and O–H groups in total. The first-order valence-corrected chi connectivity index (χ1v) is 6.24. The summed E-state index contributed by atoms with van der Waals surface area (Å²) < 4.78 is 0. The van der Waals surface area contributed by atoms with E-state index >= 15 is 0 Å². The smallest absolute Gasteiger partial charge is 0.229 e. The summed E-state index contributed by atoms with van der Waals surface area (Å²) in [6.07, 6.45) is 1.67. The summed E-state index contributed by atoms with van der Waals surface area (Å²) in [6, 6.07) is 11.3. The van der Waals surface area contributed by atoms with E-state index in [0.717, 1.165) is 10.8 Å². The van der Waals surface area contributed by atoms with Crippen molar-refractivity contribution in [2.45, 2.75) is 0 Å². The number of phenolic OH excluding ortho intramolecular Hbond substituents is 1. The Bertz CT molecular complexity index is 707. The van der Waals surface area contributed by atoms with Gasteiger partial charge >= 0.3 is 0 Å². The molecule has 0 atom stereocenters. The molecule has 18 heavy (non-hydrogen) atoms.